The molecular formula is C15H17FN2O7. The first kappa shape index (κ1) is 19.9. The topological polar surface area (TPSA) is 153 Å². The molecule has 0 aliphatic rings. The van der Waals surface area contributed by atoms with E-state index in [4.69, 9.17) is 10.2 Å². The number of urea groups is 1. The van der Waals surface area contributed by atoms with Crippen LogP contribution in [0.4, 0.5) is 9.18 Å². The summed E-state index contributed by atoms with van der Waals surface area (Å²) in [5, 5.41) is 31.0. The van der Waals surface area contributed by atoms with Gasteiger partial charge in [0.2, 0.25) is 0 Å². The third kappa shape index (κ3) is 6.85. The Hall–Kier alpha value is -3.17. The van der Waals surface area contributed by atoms with E-state index < -0.39 is 48.1 Å². The zero-order chi connectivity index (χ0) is 19.0. The van der Waals surface area contributed by atoms with Gasteiger partial charge in [0, 0.05) is 13.0 Å². The molecule has 1 aromatic carbocycles. The molecule has 0 spiro atoms. The van der Waals surface area contributed by atoms with E-state index in [0.29, 0.717) is 0 Å². The molecule has 0 fully saturated rings. The van der Waals surface area contributed by atoms with Gasteiger partial charge in [-0.05, 0) is 24.1 Å². The van der Waals surface area contributed by atoms with Gasteiger partial charge < -0.3 is 26.0 Å². The molecule has 0 heterocycles. The monoisotopic (exact) mass is 356 g/mol. The van der Waals surface area contributed by atoms with Gasteiger partial charge in [0.05, 0.1) is 5.92 Å². The summed E-state index contributed by atoms with van der Waals surface area (Å²) in [7, 11) is 0. The molecule has 136 valence electrons. The number of hydrogen-bond acceptors (Lipinski definition) is 4. The van der Waals surface area contributed by atoms with Crippen LogP contribution in [0.25, 0.3) is 0 Å². The zero-order valence-corrected chi connectivity index (χ0v) is 12.9. The second kappa shape index (κ2) is 9.21. The Morgan fingerprint density at radius 2 is 1.60 bits per heavy atom. The summed E-state index contributed by atoms with van der Waals surface area (Å²) in [5.74, 6) is -5.58. The van der Waals surface area contributed by atoms with Gasteiger partial charge in [-0.3, -0.25) is 9.59 Å². The highest BCUT2D eigenvalue weighted by atomic mass is 19.1. The van der Waals surface area contributed by atoms with E-state index >= 15 is 0 Å². The molecule has 9 nitrogen and oxygen atoms in total. The van der Waals surface area contributed by atoms with Crippen LogP contribution in [0, 0.1) is 5.82 Å². The van der Waals surface area contributed by atoms with Gasteiger partial charge in [-0.2, -0.15) is 0 Å². The van der Waals surface area contributed by atoms with Crippen molar-refractivity contribution < 1.29 is 38.9 Å². The first-order chi connectivity index (χ1) is 11.7. The van der Waals surface area contributed by atoms with E-state index in [2.05, 4.69) is 10.6 Å². The Bertz CT molecular complexity index is 648. The van der Waals surface area contributed by atoms with Crippen LogP contribution in [0.1, 0.15) is 24.3 Å². The van der Waals surface area contributed by atoms with Crippen LogP contribution in [0.5, 0.6) is 0 Å². The molecule has 2 atom stereocenters. The van der Waals surface area contributed by atoms with Crippen molar-refractivity contribution in [2.75, 3.05) is 6.54 Å². The molecule has 0 radical (unpaired) electrons. The van der Waals surface area contributed by atoms with Crippen molar-refractivity contribution in [2.45, 2.75) is 24.8 Å². The summed E-state index contributed by atoms with van der Waals surface area (Å²) in [6, 6.07) is 2.31. The number of rotatable bonds is 9. The number of hydrogen-bond donors (Lipinski definition) is 5. The lowest BCUT2D eigenvalue weighted by atomic mass is 9.99. The van der Waals surface area contributed by atoms with Crippen molar-refractivity contribution in [3.8, 4) is 0 Å². The molecule has 0 aliphatic heterocycles. The SMILES string of the molecule is O=C(O)CCC(NC(=O)NCC(C(=O)O)c1ccc(F)cc1)C(=O)O. The molecule has 0 bridgehead atoms. The summed E-state index contributed by atoms with van der Waals surface area (Å²) < 4.78 is 12.9. The van der Waals surface area contributed by atoms with E-state index in [1.54, 1.807) is 0 Å². The lowest BCUT2D eigenvalue weighted by Crippen LogP contribution is -2.47. The van der Waals surface area contributed by atoms with Crippen LogP contribution in [-0.4, -0.2) is 51.8 Å². The predicted molar refractivity (Wildman–Crippen MR) is 81.6 cm³/mol. The van der Waals surface area contributed by atoms with Crippen molar-refractivity contribution in [1.82, 2.24) is 10.6 Å². The average Bonchev–Trinajstić information content (AvgIpc) is 2.52. The van der Waals surface area contributed by atoms with Gasteiger partial charge in [-0.1, -0.05) is 12.1 Å². The first-order valence-corrected chi connectivity index (χ1v) is 7.18. The quantitative estimate of drug-likeness (QED) is 0.434. The normalized spacial score (nSPS) is 12.7. The third-order valence-corrected chi connectivity index (χ3v) is 3.29. The molecule has 2 amide bonds. The number of halogens is 1. The zero-order valence-electron chi connectivity index (χ0n) is 12.9. The van der Waals surface area contributed by atoms with E-state index in [1.165, 1.54) is 12.1 Å². The first-order valence-electron chi connectivity index (χ1n) is 7.18. The van der Waals surface area contributed by atoms with Crippen molar-refractivity contribution >= 4 is 23.9 Å². The van der Waals surface area contributed by atoms with E-state index in [1.807, 2.05) is 0 Å². The van der Waals surface area contributed by atoms with Gasteiger partial charge >= 0.3 is 23.9 Å². The number of benzene rings is 1. The number of carbonyl (C=O) groups excluding carboxylic acids is 1. The minimum absolute atomic E-state index is 0.259. The van der Waals surface area contributed by atoms with Crippen LogP contribution in [0.3, 0.4) is 0 Å². The van der Waals surface area contributed by atoms with Crippen LogP contribution in [-0.2, 0) is 14.4 Å². The Morgan fingerprint density at radius 1 is 1.00 bits per heavy atom. The highest BCUT2D eigenvalue weighted by Crippen LogP contribution is 2.16. The summed E-state index contributed by atoms with van der Waals surface area (Å²) in [6.45, 7) is -0.363. The molecule has 0 aliphatic carbocycles. The number of carboxylic acid groups (broad SMARTS) is 3. The van der Waals surface area contributed by atoms with Crippen LogP contribution in [0.15, 0.2) is 24.3 Å². The Labute approximate surface area is 141 Å². The molecule has 5 N–H and O–H groups in total. The van der Waals surface area contributed by atoms with Gasteiger partial charge in [-0.25, -0.2) is 14.0 Å². The van der Waals surface area contributed by atoms with Crippen molar-refractivity contribution in [2.24, 2.45) is 0 Å². The Kier molecular flexibility index (Phi) is 7.32. The lowest BCUT2D eigenvalue weighted by Gasteiger charge is -2.17. The number of amides is 2. The maximum atomic E-state index is 12.9. The fourth-order valence-electron chi connectivity index (χ4n) is 1.97. The lowest BCUT2D eigenvalue weighted by molar-refractivity contribution is -0.141. The smallest absolute Gasteiger partial charge is 0.326 e. The van der Waals surface area contributed by atoms with E-state index in [0.717, 1.165) is 12.1 Å². The highest BCUT2D eigenvalue weighted by molar-refractivity contribution is 5.84. The predicted octanol–water partition coefficient (Wildman–Crippen LogP) is 0.611. The molecule has 2 unspecified atom stereocenters. The standard InChI is InChI=1S/C15H17FN2O7/c16-9-3-1-8(2-4-9)10(13(21)22)7-17-15(25)18-11(14(23)24)5-6-12(19)20/h1-4,10-11H,5-7H2,(H,19,20)(H,21,22)(H,23,24)(H2,17,18,25). The third-order valence-electron chi connectivity index (χ3n) is 3.29. The molecule has 10 heteroatoms. The Balaban J connectivity index is 2.64. The fourth-order valence-corrected chi connectivity index (χ4v) is 1.97. The number of carboxylic acids is 3. The average molecular weight is 356 g/mol. The fraction of sp³-hybridized carbons (Fsp3) is 0.333. The van der Waals surface area contributed by atoms with Crippen LogP contribution >= 0.6 is 0 Å². The van der Waals surface area contributed by atoms with Crippen molar-refractivity contribution in [3.63, 3.8) is 0 Å². The van der Waals surface area contributed by atoms with Crippen LogP contribution in [0.2, 0.25) is 0 Å². The molecule has 0 saturated heterocycles. The van der Waals surface area contributed by atoms with Crippen LogP contribution < -0.4 is 10.6 Å². The second-order valence-electron chi connectivity index (χ2n) is 5.12. The van der Waals surface area contributed by atoms with Crippen molar-refractivity contribution in [1.29, 1.82) is 0 Å². The van der Waals surface area contributed by atoms with E-state index in [-0.39, 0.29) is 18.5 Å². The summed E-state index contributed by atoms with van der Waals surface area (Å²) in [4.78, 5) is 44.5. The molecule has 1 aromatic rings. The summed E-state index contributed by atoms with van der Waals surface area (Å²) in [6.07, 6.45) is -0.775. The number of carbonyl (C=O) groups is 4. The van der Waals surface area contributed by atoms with Crippen molar-refractivity contribution in [3.05, 3.63) is 35.6 Å². The largest absolute Gasteiger partial charge is 0.481 e. The molecular weight excluding hydrogens is 339 g/mol. The summed E-state index contributed by atoms with van der Waals surface area (Å²) >= 11 is 0. The van der Waals surface area contributed by atoms with E-state index in [9.17, 15) is 28.7 Å². The van der Waals surface area contributed by atoms with Gasteiger partial charge in [-0.15, -0.1) is 0 Å². The molecule has 25 heavy (non-hydrogen) atoms. The summed E-state index contributed by atoms with van der Waals surface area (Å²) in [5.41, 5.74) is 0.259. The molecule has 0 aromatic heterocycles. The van der Waals surface area contributed by atoms with Gasteiger partial charge in [0.15, 0.2) is 0 Å². The molecule has 1 rings (SSSR count). The minimum atomic E-state index is -1.43. The minimum Gasteiger partial charge on any atom is -0.481 e. The number of aliphatic carboxylic acids is 3. The maximum absolute atomic E-state index is 12.9. The molecule has 0 saturated carbocycles. The number of nitrogens with one attached hydrogen (secondary N) is 2. The highest BCUT2D eigenvalue weighted by Gasteiger charge is 2.24. The van der Waals surface area contributed by atoms with Gasteiger partial charge in [0.25, 0.3) is 0 Å². The second-order valence-corrected chi connectivity index (χ2v) is 5.12. The Morgan fingerprint density at radius 3 is 2.08 bits per heavy atom. The maximum Gasteiger partial charge on any atom is 0.326 e. The van der Waals surface area contributed by atoms with Gasteiger partial charge in [0.1, 0.15) is 11.9 Å².